The molecule has 7 nitrogen and oxygen atoms in total. The largest absolute Gasteiger partial charge is 0.509 e. The van der Waals surface area contributed by atoms with Crippen molar-refractivity contribution < 1.29 is 35.1 Å². The fraction of sp³-hybridized carbons (Fsp3) is 0.0303. The van der Waals surface area contributed by atoms with Crippen molar-refractivity contribution in [1.82, 2.24) is 0 Å². The molecule has 0 aliphatic heterocycles. The second-order valence-corrected chi connectivity index (χ2v) is 9.52. The summed E-state index contributed by atoms with van der Waals surface area (Å²) in [6.07, 6.45) is 0. The summed E-state index contributed by atoms with van der Waals surface area (Å²) in [5.74, 6) is -4.21. The number of hydrogen-bond donors (Lipinski definition) is 6. The molecule has 0 aliphatic rings. The van der Waals surface area contributed by atoms with Crippen molar-refractivity contribution in [3.05, 3.63) is 103 Å². The van der Waals surface area contributed by atoms with Crippen LogP contribution in [0.4, 0.5) is 0 Å². The molecule has 1 heterocycles. The van der Waals surface area contributed by atoms with Gasteiger partial charge in [-0.05, 0) is 39.6 Å². The molecule has 7 heteroatoms. The van der Waals surface area contributed by atoms with E-state index in [1.165, 1.54) is 6.92 Å². The predicted octanol–water partition coefficient (Wildman–Crippen LogP) is 8.52. The highest BCUT2D eigenvalue weighted by molar-refractivity contribution is 6.23. The Morgan fingerprint density at radius 2 is 1.12 bits per heavy atom. The first-order valence-electron chi connectivity index (χ1n) is 12.4. The molecule has 6 N–H and O–H groups in total. The van der Waals surface area contributed by atoms with Crippen LogP contribution in [-0.4, -0.2) is 30.6 Å². The number of fused-ring (bicyclic) bond motifs is 3. The Morgan fingerprint density at radius 3 is 1.62 bits per heavy atom. The zero-order valence-electron chi connectivity index (χ0n) is 21.3. The molecule has 0 bridgehead atoms. The normalized spacial score (nSPS) is 12.2. The fourth-order valence-electron chi connectivity index (χ4n) is 5.44. The van der Waals surface area contributed by atoms with E-state index in [-0.39, 0.29) is 22.1 Å². The second kappa shape index (κ2) is 9.03. The Bertz CT molecular complexity index is 1970. The van der Waals surface area contributed by atoms with Crippen LogP contribution in [0.5, 0.6) is 17.2 Å². The number of allylic oxidation sites excluding steroid dienone is 1. The van der Waals surface area contributed by atoms with Crippen molar-refractivity contribution in [2.75, 3.05) is 0 Å². The monoisotopic (exact) mass is 532 g/mol. The smallest absolute Gasteiger partial charge is 0.197 e. The van der Waals surface area contributed by atoms with Crippen LogP contribution in [0.25, 0.3) is 66.3 Å². The van der Waals surface area contributed by atoms with E-state index in [4.69, 9.17) is 4.42 Å². The SMILES string of the molecule is C=C(O)c1c(/C(O)=C(\C)O)oc2c(O)c(-c3c4ccccc4c(-c4ccccc4)c4ccccc34)c(O)c(O)c12. The van der Waals surface area contributed by atoms with Gasteiger partial charge in [-0.15, -0.1) is 0 Å². The number of furan rings is 1. The molecule has 0 spiro atoms. The van der Waals surface area contributed by atoms with Gasteiger partial charge < -0.3 is 35.1 Å². The van der Waals surface area contributed by atoms with Crippen molar-refractivity contribution in [3.8, 4) is 39.5 Å². The summed E-state index contributed by atoms with van der Waals surface area (Å²) >= 11 is 0. The summed E-state index contributed by atoms with van der Waals surface area (Å²) in [4.78, 5) is 0. The number of hydrogen-bond acceptors (Lipinski definition) is 7. The van der Waals surface area contributed by atoms with Crippen LogP contribution in [0.15, 0.2) is 95.6 Å². The molecule has 0 aliphatic carbocycles. The Balaban J connectivity index is 1.82. The van der Waals surface area contributed by atoms with Gasteiger partial charge in [-0.25, -0.2) is 0 Å². The number of phenols is 3. The first kappa shape index (κ1) is 24.8. The van der Waals surface area contributed by atoms with E-state index in [1.54, 1.807) is 0 Å². The third kappa shape index (κ3) is 3.45. The van der Waals surface area contributed by atoms with Gasteiger partial charge in [0, 0.05) is 5.56 Å². The van der Waals surface area contributed by atoms with Crippen molar-refractivity contribution >= 4 is 44.0 Å². The molecule has 0 radical (unpaired) electrons. The van der Waals surface area contributed by atoms with E-state index in [0.29, 0.717) is 16.3 Å². The molecule has 40 heavy (non-hydrogen) atoms. The molecule has 1 aromatic heterocycles. The lowest BCUT2D eigenvalue weighted by atomic mass is 9.85. The molecule has 5 aromatic carbocycles. The van der Waals surface area contributed by atoms with E-state index >= 15 is 0 Å². The molecule has 0 fully saturated rings. The summed E-state index contributed by atoms with van der Waals surface area (Å²) < 4.78 is 5.72. The van der Waals surface area contributed by atoms with E-state index in [2.05, 4.69) is 6.58 Å². The van der Waals surface area contributed by atoms with Gasteiger partial charge in [-0.2, -0.15) is 0 Å². The molecule has 0 amide bonds. The molecular weight excluding hydrogens is 508 g/mol. The molecular formula is C33H24O7. The average molecular weight is 533 g/mol. The average Bonchev–Trinajstić information content (AvgIpc) is 3.37. The van der Waals surface area contributed by atoms with Gasteiger partial charge in [0.15, 0.2) is 34.4 Å². The van der Waals surface area contributed by atoms with Crippen molar-refractivity contribution in [3.63, 3.8) is 0 Å². The highest BCUT2D eigenvalue weighted by Crippen LogP contribution is 2.56. The summed E-state index contributed by atoms with van der Waals surface area (Å²) in [5, 5.41) is 67.7. The van der Waals surface area contributed by atoms with Gasteiger partial charge in [-0.1, -0.05) is 85.4 Å². The third-order valence-corrected chi connectivity index (χ3v) is 7.15. The minimum absolute atomic E-state index is 0.100. The Hall–Kier alpha value is -5.56. The van der Waals surface area contributed by atoms with Gasteiger partial charge in [0.05, 0.1) is 16.5 Å². The van der Waals surface area contributed by atoms with Crippen molar-refractivity contribution in [2.24, 2.45) is 0 Å². The topological polar surface area (TPSA) is 135 Å². The van der Waals surface area contributed by atoms with Gasteiger partial charge in [0.1, 0.15) is 11.5 Å². The molecule has 0 saturated heterocycles. The third-order valence-electron chi connectivity index (χ3n) is 7.15. The number of aliphatic hydroxyl groups excluding tert-OH is 3. The molecule has 0 saturated carbocycles. The molecule has 198 valence electrons. The minimum Gasteiger partial charge on any atom is -0.509 e. The van der Waals surface area contributed by atoms with Crippen LogP contribution in [-0.2, 0) is 0 Å². The van der Waals surface area contributed by atoms with E-state index in [0.717, 1.165) is 21.9 Å². The summed E-state index contributed by atoms with van der Waals surface area (Å²) in [5.41, 5.74) is 1.68. The lowest BCUT2D eigenvalue weighted by Crippen LogP contribution is -1.93. The Kier molecular flexibility index (Phi) is 5.59. The first-order chi connectivity index (χ1) is 19.2. The quantitative estimate of drug-likeness (QED) is 0.0580. The molecule has 0 atom stereocenters. The number of aliphatic hydroxyl groups is 3. The van der Waals surface area contributed by atoms with Crippen LogP contribution in [0.1, 0.15) is 18.2 Å². The lowest BCUT2D eigenvalue weighted by Gasteiger charge is -2.19. The van der Waals surface area contributed by atoms with Crippen LogP contribution in [0.3, 0.4) is 0 Å². The van der Waals surface area contributed by atoms with Crippen molar-refractivity contribution in [2.45, 2.75) is 6.92 Å². The highest BCUT2D eigenvalue weighted by atomic mass is 16.4. The summed E-state index contributed by atoms with van der Waals surface area (Å²) in [6.45, 7) is 4.65. The van der Waals surface area contributed by atoms with Gasteiger partial charge >= 0.3 is 0 Å². The van der Waals surface area contributed by atoms with Gasteiger partial charge in [-0.3, -0.25) is 0 Å². The van der Waals surface area contributed by atoms with Crippen LogP contribution < -0.4 is 0 Å². The maximum Gasteiger partial charge on any atom is 0.197 e. The maximum absolute atomic E-state index is 11.6. The molecule has 6 aromatic rings. The maximum atomic E-state index is 11.6. The zero-order chi connectivity index (χ0) is 28.3. The lowest BCUT2D eigenvalue weighted by molar-refractivity contribution is 0.371. The van der Waals surface area contributed by atoms with Crippen LogP contribution in [0.2, 0.25) is 0 Å². The van der Waals surface area contributed by atoms with Crippen molar-refractivity contribution in [1.29, 1.82) is 0 Å². The van der Waals surface area contributed by atoms with Gasteiger partial charge in [0.2, 0.25) is 0 Å². The summed E-state index contributed by atoms with van der Waals surface area (Å²) in [7, 11) is 0. The van der Waals surface area contributed by atoms with Crippen LogP contribution >= 0.6 is 0 Å². The van der Waals surface area contributed by atoms with Crippen LogP contribution in [0, 0.1) is 0 Å². The van der Waals surface area contributed by atoms with E-state index in [9.17, 15) is 30.6 Å². The second-order valence-electron chi connectivity index (χ2n) is 9.52. The number of rotatable bonds is 4. The fourth-order valence-corrected chi connectivity index (χ4v) is 5.44. The Morgan fingerprint density at radius 1 is 0.625 bits per heavy atom. The molecule has 6 rings (SSSR count). The first-order valence-corrected chi connectivity index (χ1v) is 12.4. The predicted molar refractivity (Wildman–Crippen MR) is 157 cm³/mol. The van der Waals surface area contributed by atoms with Gasteiger partial charge in [0.25, 0.3) is 0 Å². The number of aromatic hydroxyl groups is 3. The zero-order valence-corrected chi connectivity index (χ0v) is 21.3. The highest BCUT2D eigenvalue weighted by Gasteiger charge is 2.32. The van der Waals surface area contributed by atoms with E-state index in [1.807, 2.05) is 78.9 Å². The summed E-state index contributed by atoms with van der Waals surface area (Å²) in [6, 6.07) is 25.0. The minimum atomic E-state index is -0.732. The van der Waals surface area contributed by atoms with E-state index < -0.39 is 40.3 Å². The standard InChI is InChI=1S/C33H24O7/c1-16(34)23-27-30(38)29(37)26(31(39)33(27)40-32(23)28(36)17(2)35)25-21-14-8-6-12-19(21)24(18-10-4-3-5-11-18)20-13-7-9-15-22(20)25/h3-15,34-39H,1H2,2H3/b28-17-. The molecule has 0 unspecified atom stereocenters. The Labute approximate surface area is 228 Å². The number of phenolic OH excluding ortho intramolecular Hbond substituents is 3. The number of benzene rings is 5.